The molecule has 0 radical (unpaired) electrons. The van der Waals surface area contributed by atoms with Crippen LogP contribution < -0.4 is 0 Å². The van der Waals surface area contributed by atoms with Gasteiger partial charge in [0.2, 0.25) is 0 Å². The Kier molecular flexibility index (Phi) is 2.80. The van der Waals surface area contributed by atoms with Crippen molar-refractivity contribution in [2.24, 2.45) is 5.16 Å². The summed E-state index contributed by atoms with van der Waals surface area (Å²) in [5, 5.41) is 14.7. The highest BCUT2D eigenvalue weighted by molar-refractivity contribution is 7.14. The number of halogens is 1. The summed E-state index contributed by atoms with van der Waals surface area (Å²) in [4.78, 5) is 14.4. The first kappa shape index (κ1) is 12.9. The Hall–Kier alpha value is -1.85. The lowest BCUT2D eigenvalue weighted by atomic mass is 9.98. The molecular weight excluding hydrogens is 308 g/mol. The first-order chi connectivity index (χ1) is 10.2. The zero-order valence-electron chi connectivity index (χ0n) is 10.9. The van der Waals surface area contributed by atoms with E-state index in [1.165, 1.54) is 11.3 Å². The SMILES string of the molecule is O=C1c2ccccc2C2C/C(=N/O)c3csc(Cl)c3CN12. The van der Waals surface area contributed by atoms with Crippen molar-refractivity contribution >= 4 is 34.6 Å². The minimum Gasteiger partial charge on any atom is -0.411 e. The fourth-order valence-corrected chi connectivity index (χ4v) is 4.27. The fourth-order valence-electron chi connectivity index (χ4n) is 3.16. The summed E-state index contributed by atoms with van der Waals surface area (Å²) in [6.45, 7) is 0.453. The van der Waals surface area contributed by atoms with E-state index in [1.54, 1.807) is 0 Å². The lowest BCUT2D eigenvalue weighted by Gasteiger charge is -2.22. The highest BCUT2D eigenvalue weighted by Gasteiger charge is 2.40. The van der Waals surface area contributed by atoms with Crippen LogP contribution in [0, 0.1) is 0 Å². The molecule has 1 aromatic carbocycles. The molecule has 106 valence electrons. The summed E-state index contributed by atoms with van der Waals surface area (Å²) in [7, 11) is 0. The van der Waals surface area contributed by atoms with Crippen LogP contribution in [0.25, 0.3) is 0 Å². The quantitative estimate of drug-likeness (QED) is 0.595. The predicted octanol–water partition coefficient (Wildman–Crippen LogP) is 3.68. The maximum Gasteiger partial charge on any atom is 0.255 e. The minimum absolute atomic E-state index is 0.0167. The lowest BCUT2D eigenvalue weighted by molar-refractivity contribution is 0.0717. The Morgan fingerprint density at radius 3 is 2.95 bits per heavy atom. The van der Waals surface area contributed by atoms with Gasteiger partial charge in [0.1, 0.15) is 0 Å². The zero-order chi connectivity index (χ0) is 14.6. The number of rotatable bonds is 0. The van der Waals surface area contributed by atoms with Crippen LogP contribution in [-0.4, -0.2) is 21.7 Å². The van der Waals surface area contributed by atoms with Crippen molar-refractivity contribution in [1.29, 1.82) is 0 Å². The topological polar surface area (TPSA) is 52.9 Å². The van der Waals surface area contributed by atoms with Gasteiger partial charge in [-0.2, -0.15) is 0 Å². The standard InChI is InChI=1S/C15H11ClN2O2S/c16-14-10-6-18-13(5-12(17-20)11(10)7-21-14)8-3-1-2-4-9(8)15(18)19/h1-4,7,13,20H,5-6H2/b17-12-. The third-order valence-electron chi connectivity index (χ3n) is 4.18. The molecule has 1 aromatic heterocycles. The van der Waals surface area contributed by atoms with Gasteiger partial charge in [-0.1, -0.05) is 35.0 Å². The average Bonchev–Trinajstić information content (AvgIpc) is 2.92. The van der Waals surface area contributed by atoms with E-state index >= 15 is 0 Å². The van der Waals surface area contributed by atoms with Crippen molar-refractivity contribution in [1.82, 2.24) is 4.90 Å². The predicted molar refractivity (Wildman–Crippen MR) is 81.3 cm³/mol. The maximum absolute atomic E-state index is 12.6. The van der Waals surface area contributed by atoms with Gasteiger partial charge >= 0.3 is 0 Å². The number of hydrogen-bond donors (Lipinski definition) is 1. The van der Waals surface area contributed by atoms with Gasteiger partial charge in [0.15, 0.2) is 0 Å². The number of amides is 1. The van der Waals surface area contributed by atoms with E-state index in [0.717, 1.165) is 22.3 Å². The maximum atomic E-state index is 12.6. The summed E-state index contributed by atoms with van der Waals surface area (Å²) in [6.07, 6.45) is 0.499. The molecule has 3 heterocycles. The highest BCUT2D eigenvalue weighted by atomic mass is 35.5. The number of thiophene rings is 1. The second-order valence-electron chi connectivity index (χ2n) is 5.19. The Labute approximate surface area is 130 Å². The summed E-state index contributed by atoms with van der Waals surface area (Å²) < 4.78 is 0.649. The van der Waals surface area contributed by atoms with E-state index < -0.39 is 0 Å². The largest absolute Gasteiger partial charge is 0.411 e. The Morgan fingerprint density at radius 2 is 2.14 bits per heavy atom. The number of benzene rings is 1. The molecule has 0 saturated heterocycles. The lowest BCUT2D eigenvalue weighted by Crippen LogP contribution is -2.26. The van der Waals surface area contributed by atoms with Crippen molar-refractivity contribution in [2.75, 3.05) is 0 Å². The molecule has 2 aliphatic rings. The van der Waals surface area contributed by atoms with Gasteiger partial charge in [-0.05, 0) is 11.6 Å². The molecule has 1 atom stereocenters. The van der Waals surface area contributed by atoms with Crippen LogP contribution in [-0.2, 0) is 6.54 Å². The molecule has 0 saturated carbocycles. The molecule has 6 heteroatoms. The molecule has 1 amide bonds. The first-order valence-corrected chi connectivity index (χ1v) is 7.83. The summed E-state index contributed by atoms with van der Waals surface area (Å²) in [6, 6.07) is 7.52. The van der Waals surface area contributed by atoms with Gasteiger partial charge < -0.3 is 10.1 Å². The van der Waals surface area contributed by atoms with Crippen LogP contribution in [0.5, 0.6) is 0 Å². The number of oxime groups is 1. The Bertz CT molecular complexity index is 784. The molecular formula is C15H11ClN2O2S. The van der Waals surface area contributed by atoms with Crippen molar-refractivity contribution < 1.29 is 10.0 Å². The smallest absolute Gasteiger partial charge is 0.255 e. The molecule has 2 aliphatic heterocycles. The van der Waals surface area contributed by atoms with E-state index in [9.17, 15) is 10.0 Å². The summed E-state index contributed by atoms with van der Waals surface area (Å²) >= 11 is 7.65. The summed E-state index contributed by atoms with van der Waals surface area (Å²) in [5.41, 5.74) is 4.04. The molecule has 1 unspecified atom stereocenters. The van der Waals surface area contributed by atoms with E-state index in [4.69, 9.17) is 11.6 Å². The molecule has 21 heavy (non-hydrogen) atoms. The van der Waals surface area contributed by atoms with Crippen molar-refractivity contribution in [3.8, 4) is 0 Å². The van der Waals surface area contributed by atoms with Gasteiger partial charge in [0.25, 0.3) is 5.91 Å². The van der Waals surface area contributed by atoms with Crippen LogP contribution >= 0.6 is 22.9 Å². The van der Waals surface area contributed by atoms with Gasteiger partial charge in [0, 0.05) is 35.0 Å². The fraction of sp³-hybridized carbons (Fsp3) is 0.200. The number of carbonyl (C=O) groups excluding carboxylic acids is 1. The first-order valence-electron chi connectivity index (χ1n) is 6.57. The molecule has 0 fully saturated rings. The van der Waals surface area contributed by atoms with Crippen LogP contribution in [0.4, 0.5) is 0 Å². The van der Waals surface area contributed by atoms with Gasteiger partial charge in [0.05, 0.1) is 16.1 Å². The Balaban J connectivity index is 1.88. The molecule has 0 aliphatic carbocycles. The van der Waals surface area contributed by atoms with Crippen LogP contribution in [0.3, 0.4) is 0 Å². The van der Waals surface area contributed by atoms with E-state index in [2.05, 4.69) is 5.16 Å². The second kappa shape index (κ2) is 4.58. The molecule has 2 aromatic rings. The molecule has 1 N–H and O–H groups in total. The third-order valence-corrected chi connectivity index (χ3v) is 5.48. The molecule has 0 bridgehead atoms. The monoisotopic (exact) mass is 318 g/mol. The number of carbonyl (C=O) groups is 1. The zero-order valence-corrected chi connectivity index (χ0v) is 12.5. The molecule has 4 nitrogen and oxygen atoms in total. The molecule has 4 rings (SSSR count). The van der Waals surface area contributed by atoms with Crippen LogP contribution in [0.1, 0.15) is 39.5 Å². The van der Waals surface area contributed by atoms with E-state index in [0.29, 0.717) is 23.0 Å². The number of fused-ring (bicyclic) bond motifs is 4. The van der Waals surface area contributed by atoms with Gasteiger partial charge in [-0.25, -0.2) is 0 Å². The number of hydrogen-bond acceptors (Lipinski definition) is 4. The van der Waals surface area contributed by atoms with Gasteiger partial charge in [-0.3, -0.25) is 4.79 Å². The van der Waals surface area contributed by atoms with E-state index in [1.807, 2.05) is 34.5 Å². The van der Waals surface area contributed by atoms with Crippen molar-refractivity contribution in [3.63, 3.8) is 0 Å². The summed E-state index contributed by atoms with van der Waals surface area (Å²) in [5.74, 6) is 0.0167. The minimum atomic E-state index is -0.0898. The van der Waals surface area contributed by atoms with E-state index in [-0.39, 0.29) is 11.9 Å². The van der Waals surface area contributed by atoms with Gasteiger partial charge in [-0.15, -0.1) is 11.3 Å². The normalized spacial score (nSPS) is 22.0. The van der Waals surface area contributed by atoms with Crippen molar-refractivity contribution in [2.45, 2.75) is 19.0 Å². The Morgan fingerprint density at radius 1 is 1.33 bits per heavy atom. The number of nitrogens with zero attached hydrogens (tertiary/aromatic N) is 2. The second-order valence-corrected chi connectivity index (χ2v) is 6.67. The third kappa shape index (κ3) is 1.74. The van der Waals surface area contributed by atoms with Crippen LogP contribution in [0.2, 0.25) is 4.34 Å². The molecule has 0 spiro atoms. The van der Waals surface area contributed by atoms with Crippen molar-refractivity contribution in [3.05, 3.63) is 56.2 Å². The average molecular weight is 319 g/mol. The van der Waals surface area contributed by atoms with Crippen LogP contribution in [0.15, 0.2) is 34.8 Å². The highest BCUT2D eigenvalue weighted by Crippen LogP contribution is 2.43.